The molecule has 1 heterocycles. The Morgan fingerprint density at radius 1 is 1.32 bits per heavy atom. The van der Waals surface area contributed by atoms with Gasteiger partial charge in [-0.3, -0.25) is 0 Å². The lowest BCUT2D eigenvalue weighted by molar-refractivity contribution is 0.00973. The Kier molecular flexibility index (Phi) is 3.97. The Hall–Kier alpha value is -1.72. The van der Waals surface area contributed by atoms with Gasteiger partial charge in [-0.25, -0.2) is 0 Å². The molecule has 0 spiro atoms. The molecule has 0 aliphatic carbocycles. The summed E-state index contributed by atoms with van der Waals surface area (Å²) < 4.78 is 10.7. The first kappa shape index (κ1) is 13.7. The molecule has 0 aliphatic heterocycles. The summed E-state index contributed by atoms with van der Waals surface area (Å²) in [6.07, 6.45) is 0. The van der Waals surface area contributed by atoms with Crippen LogP contribution in [0.1, 0.15) is 37.0 Å². The van der Waals surface area contributed by atoms with Gasteiger partial charge in [0.2, 0.25) is 11.7 Å². The summed E-state index contributed by atoms with van der Waals surface area (Å²) in [7, 11) is 1.62. The average molecular weight is 261 g/mol. The van der Waals surface area contributed by atoms with Crippen LogP contribution in [0.25, 0.3) is 0 Å². The quantitative estimate of drug-likeness (QED) is 0.891. The summed E-state index contributed by atoms with van der Waals surface area (Å²) in [5.41, 5.74) is 6.32. The number of ether oxygens (including phenoxy) is 1. The van der Waals surface area contributed by atoms with Gasteiger partial charge < -0.3 is 15.0 Å². The molecular formula is C14H19N3O2. The molecule has 1 unspecified atom stereocenters. The molecule has 5 heteroatoms. The van der Waals surface area contributed by atoms with Crippen molar-refractivity contribution in [1.29, 1.82) is 0 Å². The molecule has 0 aliphatic rings. The molecule has 102 valence electrons. The molecule has 2 rings (SSSR count). The number of nitrogens with two attached hydrogens (primary N) is 1. The highest BCUT2D eigenvalue weighted by molar-refractivity contribution is 5.25. The summed E-state index contributed by atoms with van der Waals surface area (Å²) in [6, 6.07) is 9.90. The zero-order chi connectivity index (χ0) is 13.9. The van der Waals surface area contributed by atoms with Crippen LogP contribution in [-0.4, -0.2) is 23.8 Å². The van der Waals surface area contributed by atoms with Crippen LogP contribution >= 0.6 is 0 Å². The lowest BCUT2D eigenvalue weighted by atomic mass is 9.99. The van der Waals surface area contributed by atoms with Gasteiger partial charge in [0, 0.05) is 13.7 Å². The van der Waals surface area contributed by atoms with Crippen molar-refractivity contribution in [2.24, 2.45) is 5.73 Å². The molecule has 0 bridgehead atoms. The Morgan fingerprint density at radius 2 is 2.00 bits per heavy atom. The Bertz CT molecular complexity index is 522. The average Bonchev–Trinajstić information content (AvgIpc) is 2.91. The summed E-state index contributed by atoms with van der Waals surface area (Å²) >= 11 is 0. The van der Waals surface area contributed by atoms with Crippen LogP contribution < -0.4 is 5.73 Å². The van der Waals surface area contributed by atoms with Gasteiger partial charge in [0.25, 0.3) is 0 Å². The van der Waals surface area contributed by atoms with Crippen molar-refractivity contribution in [2.45, 2.75) is 25.4 Å². The fraction of sp³-hybridized carbons (Fsp3) is 0.429. The molecule has 5 nitrogen and oxygen atoms in total. The molecule has 0 amide bonds. The Balaban J connectivity index is 2.31. The summed E-state index contributed by atoms with van der Waals surface area (Å²) in [6.45, 7) is 4.20. The van der Waals surface area contributed by atoms with Crippen LogP contribution in [0, 0.1) is 0 Å². The van der Waals surface area contributed by atoms with Gasteiger partial charge in [0.1, 0.15) is 5.60 Å². The second-order valence-electron chi connectivity index (χ2n) is 4.87. The van der Waals surface area contributed by atoms with Crippen molar-refractivity contribution in [1.82, 2.24) is 10.1 Å². The van der Waals surface area contributed by atoms with Crippen LogP contribution in [0.5, 0.6) is 0 Å². The predicted octanol–water partition coefficient (Wildman–Crippen LogP) is 2.04. The highest BCUT2D eigenvalue weighted by Gasteiger charge is 2.28. The largest absolute Gasteiger partial charge is 0.371 e. The van der Waals surface area contributed by atoms with E-state index in [-0.39, 0.29) is 5.92 Å². The third-order valence-electron chi connectivity index (χ3n) is 3.23. The van der Waals surface area contributed by atoms with Crippen LogP contribution in [-0.2, 0) is 10.3 Å². The fourth-order valence-corrected chi connectivity index (χ4v) is 1.78. The lowest BCUT2D eigenvalue weighted by Crippen LogP contribution is -2.21. The minimum atomic E-state index is -0.572. The molecule has 0 saturated carbocycles. The van der Waals surface area contributed by atoms with Crippen LogP contribution in [0.15, 0.2) is 34.9 Å². The minimum absolute atomic E-state index is 0.0879. The van der Waals surface area contributed by atoms with E-state index in [1.165, 1.54) is 0 Å². The zero-order valence-corrected chi connectivity index (χ0v) is 11.5. The van der Waals surface area contributed by atoms with E-state index in [1.54, 1.807) is 7.11 Å². The van der Waals surface area contributed by atoms with E-state index >= 15 is 0 Å². The molecule has 1 aromatic heterocycles. The van der Waals surface area contributed by atoms with E-state index in [0.29, 0.717) is 18.3 Å². The first-order chi connectivity index (χ1) is 9.08. The predicted molar refractivity (Wildman–Crippen MR) is 71.7 cm³/mol. The van der Waals surface area contributed by atoms with Crippen molar-refractivity contribution >= 4 is 0 Å². The van der Waals surface area contributed by atoms with E-state index in [2.05, 4.69) is 10.1 Å². The van der Waals surface area contributed by atoms with Crippen molar-refractivity contribution in [2.75, 3.05) is 13.7 Å². The molecule has 0 fully saturated rings. The van der Waals surface area contributed by atoms with E-state index in [9.17, 15) is 0 Å². The lowest BCUT2D eigenvalue weighted by Gasteiger charge is -2.17. The first-order valence-corrected chi connectivity index (χ1v) is 6.22. The van der Waals surface area contributed by atoms with Gasteiger partial charge in [0.15, 0.2) is 0 Å². The van der Waals surface area contributed by atoms with Crippen LogP contribution in [0.3, 0.4) is 0 Å². The van der Waals surface area contributed by atoms with E-state index in [4.69, 9.17) is 15.0 Å². The molecule has 0 radical (unpaired) electrons. The molecule has 2 N–H and O–H groups in total. The summed E-state index contributed by atoms with van der Waals surface area (Å²) in [4.78, 5) is 4.42. The number of benzene rings is 1. The van der Waals surface area contributed by atoms with Gasteiger partial charge >= 0.3 is 0 Å². The maximum absolute atomic E-state index is 5.83. The molecule has 1 atom stereocenters. The maximum atomic E-state index is 5.83. The Morgan fingerprint density at radius 3 is 2.58 bits per heavy atom. The number of aromatic nitrogens is 2. The molecule has 19 heavy (non-hydrogen) atoms. The number of methoxy groups -OCH3 is 1. The van der Waals surface area contributed by atoms with Crippen molar-refractivity contribution in [3.63, 3.8) is 0 Å². The Labute approximate surface area is 112 Å². The topological polar surface area (TPSA) is 74.2 Å². The maximum Gasteiger partial charge on any atom is 0.235 e. The standard InChI is InChI=1S/C14H19N3O2/c1-14(2,18-3)13-16-12(19-17-13)11(9-15)10-7-5-4-6-8-10/h4-8,11H,9,15H2,1-3H3. The van der Waals surface area contributed by atoms with Crippen molar-refractivity contribution in [3.8, 4) is 0 Å². The van der Waals surface area contributed by atoms with Gasteiger partial charge in [0.05, 0.1) is 5.92 Å². The molecule has 1 aromatic carbocycles. The van der Waals surface area contributed by atoms with Gasteiger partial charge in [-0.2, -0.15) is 4.98 Å². The third kappa shape index (κ3) is 2.83. The zero-order valence-electron chi connectivity index (χ0n) is 11.5. The van der Waals surface area contributed by atoms with Crippen LogP contribution in [0.4, 0.5) is 0 Å². The molecule has 0 saturated heterocycles. The van der Waals surface area contributed by atoms with Gasteiger partial charge in [-0.05, 0) is 19.4 Å². The summed E-state index contributed by atoms with van der Waals surface area (Å²) in [5.74, 6) is 0.961. The number of nitrogens with zero attached hydrogens (tertiary/aromatic N) is 2. The fourth-order valence-electron chi connectivity index (χ4n) is 1.78. The normalized spacial score (nSPS) is 13.5. The van der Waals surface area contributed by atoms with Gasteiger partial charge in [-0.1, -0.05) is 35.5 Å². The highest BCUT2D eigenvalue weighted by Crippen LogP contribution is 2.26. The minimum Gasteiger partial charge on any atom is -0.371 e. The van der Waals surface area contributed by atoms with Crippen molar-refractivity contribution < 1.29 is 9.26 Å². The van der Waals surface area contributed by atoms with E-state index in [0.717, 1.165) is 5.56 Å². The second-order valence-corrected chi connectivity index (χ2v) is 4.87. The third-order valence-corrected chi connectivity index (χ3v) is 3.23. The van der Waals surface area contributed by atoms with Crippen molar-refractivity contribution in [3.05, 3.63) is 47.6 Å². The number of hydrogen-bond donors (Lipinski definition) is 1. The van der Waals surface area contributed by atoms with Crippen LogP contribution in [0.2, 0.25) is 0 Å². The van der Waals surface area contributed by atoms with E-state index < -0.39 is 5.60 Å². The summed E-state index contributed by atoms with van der Waals surface area (Å²) in [5, 5.41) is 3.99. The number of rotatable bonds is 5. The number of hydrogen-bond acceptors (Lipinski definition) is 5. The molecular weight excluding hydrogens is 242 g/mol. The monoisotopic (exact) mass is 261 g/mol. The van der Waals surface area contributed by atoms with Gasteiger partial charge in [-0.15, -0.1) is 0 Å². The highest BCUT2D eigenvalue weighted by atomic mass is 16.5. The first-order valence-electron chi connectivity index (χ1n) is 6.22. The molecule has 2 aromatic rings. The van der Waals surface area contributed by atoms with E-state index in [1.807, 2.05) is 44.2 Å². The second kappa shape index (κ2) is 5.50. The SMILES string of the molecule is COC(C)(C)c1noc(C(CN)c2ccccc2)n1. The smallest absolute Gasteiger partial charge is 0.235 e.